The maximum absolute atomic E-state index is 12.6. The fourth-order valence-corrected chi connectivity index (χ4v) is 2.30. The quantitative estimate of drug-likeness (QED) is 0.865. The van der Waals surface area contributed by atoms with Gasteiger partial charge in [0.15, 0.2) is 0 Å². The Kier molecular flexibility index (Phi) is 6.45. The highest BCUT2D eigenvalue weighted by molar-refractivity contribution is 5.96. The summed E-state index contributed by atoms with van der Waals surface area (Å²) < 4.78 is 0. The van der Waals surface area contributed by atoms with E-state index in [1.54, 1.807) is 11.0 Å². The first-order valence-corrected chi connectivity index (χ1v) is 7.34. The Morgan fingerprint density at radius 1 is 1.33 bits per heavy atom. The molecule has 0 aromatic heterocycles. The van der Waals surface area contributed by atoms with E-state index in [0.29, 0.717) is 11.5 Å². The second kappa shape index (κ2) is 7.85. The van der Waals surface area contributed by atoms with E-state index in [2.05, 4.69) is 32.6 Å². The summed E-state index contributed by atoms with van der Waals surface area (Å²) in [5, 5.41) is 8.76. The molecule has 3 nitrogen and oxygen atoms in total. The molecule has 1 atom stereocenters. The Morgan fingerprint density at radius 2 is 2.00 bits per heavy atom. The fraction of sp³-hybridized carbons (Fsp3) is 0.500. The number of amides is 1. The second-order valence-electron chi connectivity index (χ2n) is 5.88. The Hall–Kier alpha value is -1.79. The number of nitrogens with zero attached hydrogens (tertiary/aromatic N) is 1. The third kappa shape index (κ3) is 4.91. The minimum atomic E-state index is -0.178. The van der Waals surface area contributed by atoms with Crippen LogP contribution in [-0.2, 0) is 0 Å². The number of benzene rings is 1. The van der Waals surface area contributed by atoms with Crippen molar-refractivity contribution in [2.75, 3.05) is 13.7 Å². The van der Waals surface area contributed by atoms with Crippen LogP contribution in [0.1, 0.15) is 48.7 Å². The number of aliphatic hydroxyl groups is 1. The van der Waals surface area contributed by atoms with Gasteiger partial charge in [-0.2, -0.15) is 0 Å². The van der Waals surface area contributed by atoms with E-state index < -0.39 is 0 Å². The van der Waals surface area contributed by atoms with Gasteiger partial charge in [0.05, 0.1) is 0 Å². The summed E-state index contributed by atoms with van der Waals surface area (Å²) in [5.41, 5.74) is 2.37. The minimum absolute atomic E-state index is 0.0216. The molecule has 1 unspecified atom stereocenters. The van der Waals surface area contributed by atoms with Gasteiger partial charge in [-0.05, 0) is 43.9 Å². The van der Waals surface area contributed by atoms with Crippen molar-refractivity contribution >= 4 is 5.91 Å². The molecule has 3 heteroatoms. The number of aliphatic hydroxyl groups excluding tert-OH is 1. The zero-order valence-electron chi connectivity index (χ0n) is 13.6. The van der Waals surface area contributed by atoms with Crippen molar-refractivity contribution in [3.05, 3.63) is 34.9 Å². The summed E-state index contributed by atoms with van der Waals surface area (Å²) in [7, 11) is 1.85. The monoisotopic (exact) mass is 287 g/mol. The van der Waals surface area contributed by atoms with E-state index in [1.807, 2.05) is 26.1 Å². The van der Waals surface area contributed by atoms with Gasteiger partial charge in [-0.1, -0.05) is 31.8 Å². The van der Waals surface area contributed by atoms with Crippen LogP contribution in [-0.4, -0.2) is 35.6 Å². The molecule has 1 N–H and O–H groups in total. The summed E-state index contributed by atoms with van der Waals surface area (Å²) in [4.78, 5) is 14.4. The van der Waals surface area contributed by atoms with Crippen molar-refractivity contribution in [1.29, 1.82) is 0 Å². The molecule has 0 aliphatic heterocycles. The zero-order valence-corrected chi connectivity index (χ0v) is 13.6. The van der Waals surface area contributed by atoms with Crippen LogP contribution in [0.5, 0.6) is 0 Å². The van der Waals surface area contributed by atoms with Crippen LogP contribution in [0.25, 0.3) is 0 Å². The van der Waals surface area contributed by atoms with Gasteiger partial charge in [0.2, 0.25) is 0 Å². The average molecular weight is 287 g/mol. The highest BCUT2D eigenvalue weighted by Gasteiger charge is 2.19. The second-order valence-corrected chi connectivity index (χ2v) is 5.88. The largest absolute Gasteiger partial charge is 0.384 e. The molecule has 0 spiro atoms. The molecule has 1 amide bonds. The van der Waals surface area contributed by atoms with Gasteiger partial charge in [-0.3, -0.25) is 4.79 Å². The molecule has 114 valence electrons. The van der Waals surface area contributed by atoms with Crippen LogP contribution in [0.4, 0.5) is 0 Å². The Morgan fingerprint density at radius 3 is 2.57 bits per heavy atom. The molecule has 1 aromatic carbocycles. The smallest absolute Gasteiger partial charge is 0.254 e. The van der Waals surface area contributed by atoms with Crippen LogP contribution in [0.15, 0.2) is 18.2 Å². The highest BCUT2D eigenvalue weighted by atomic mass is 16.2. The van der Waals surface area contributed by atoms with Crippen LogP contribution in [0.3, 0.4) is 0 Å². The number of carbonyl (C=O) groups excluding carboxylic acids is 1. The summed E-state index contributed by atoms with van der Waals surface area (Å²) in [6.07, 6.45) is 0.977. The van der Waals surface area contributed by atoms with Gasteiger partial charge >= 0.3 is 0 Å². The maximum Gasteiger partial charge on any atom is 0.254 e. The third-order valence-corrected chi connectivity index (χ3v) is 3.57. The van der Waals surface area contributed by atoms with Gasteiger partial charge in [0.1, 0.15) is 6.61 Å². The van der Waals surface area contributed by atoms with E-state index in [9.17, 15) is 4.79 Å². The summed E-state index contributed by atoms with van der Waals surface area (Å²) in [6, 6.07) is 5.77. The molecular formula is C18H25NO2. The molecule has 0 saturated carbocycles. The molecule has 21 heavy (non-hydrogen) atoms. The van der Waals surface area contributed by atoms with Crippen molar-refractivity contribution in [2.24, 2.45) is 5.92 Å². The Labute approximate surface area is 128 Å². The molecule has 0 aliphatic carbocycles. The van der Waals surface area contributed by atoms with E-state index in [-0.39, 0.29) is 18.6 Å². The normalized spacial score (nSPS) is 11.8. The lowest BCUT2D eigenvalue weighted by molar-refractivity contribution is 0.0727. The average Bonchev–Trinajstić information content (AvgIpc) is 2.44. The standard InChI is InChI=1S/C18H25NO2/c1-13(2)11-15(4)19(5)18(21)17-12-16(7-6-10-20)9-8-14(17)3/h8-9,12-13,15,20H,10-11H2,1-5H3. The molecule has 0 saturated heterocycles. The number of aryl methyl sites for hydroxylation is 1. The first-order chi connectivity index (χ1) is 9.86. The Balaban J connectivity index is 3.00. The van der Waals surface area contributed by atoms with E-state index in [4.69, 9.17) is 5.11 Å². The van der Waals surface area contributed by atoms with E-state index in [0.717, 1.165) is 17.5 Å². The maximum atomic E-state index is 12.6. The van der Waals surface area contributed by atoms with Gasteiger partial charge in [-0.15, -0.1) is 0 Å². The van der Waals surface area contributed by atoms with Crippen molar-refractivity contribution in [2.45, 2.75) is 40.2 Å². The van der Waals surface area contributed by atoms with Crippen molar-refractivity contribution < 1.29 is 9.90 Å². The van der Waals surface area contributed by atoms with Crippen molar-refractivity contribution in [3.63, 3.8) is 0 Å². The van der Waals surface area contributed by atoms with Gasteiger partial charge in [-0.25, -0.2) is 0 Å². The predicted octanol–water partition coefficient (Wildman–Crippen LogP) is 2.85. The van der Waals surface area contributed by atoms with Gasteiger partial charge < -0.3 is 10.0 Å². The number of carbonyl (C=O) groups is 1. The van der Waals surface area contributed by atoms with Crippen LogP contribution >= 0.6 is 0 Å². The predicted molar refractivity (Wildman–Crippen MR) is 86.2 cm³/mol. The number of rotatable bonds is 4. The zero-order chi connectivity index (χ0) is 16.0. The first-order valence-electron chi connectivity index (χ1n) is 7.34. The molecule has 0 bridgehead atoms. The molecular weight excluding hydrogens is 262 g/mol. The summed E-state index contributed by atoms with van der Waals surface area (Å²) >= 11 is 0. The lowest BCUT2D eigenvalue weighted by Gasteiger charge is -2.27. The van der Waals surface area contributed by atoms with Crippen molar-refractivity contribution in [1.82, 2.24) is 4.90 Å². The first kappa shape index (κ1) is 17.3. The van der Waals surface area contributed by atoms with Gasteiger partial charge in [0.25, 0.3) is 5.91 Å². The van der Waals surface area contributed by atoms with Crippen molar-refractivity contribution in [3.8, 4) is 11.8 Å². The topological polar surface area (TPSA) is 40.5 Å². The summed E-state index contributed by atoms with van der Waals surface area (Å²) in [5.74, 6) is 6.03. The molecule has 0 heterocycles. The lowest BCUT2D eigenvalue weighted by Crippen LogP contribution is -2.36. The molecule has 0 fully saturated rings. The molecule has 0 aliphatic rings. The number of hydrogen-bond donors (Lipinski definition) is 1. The lowest BCUT2D eigenvalue weighted by atomic mass is 10.0. The molecule has 1 rings (SSSR count). The van der Waals surface area contributed by atoms with E-state index in [1.165, 1.54) is 0 Å². The SMILES string of the molecule is Cc1ccc(C#CCO)cc1C(=O)N(C)C(C)CC(C)C. The summed E-state index contributed by atoms with van der Waals surface area (Å²) in [6.45, 7) is 8.14. The molecule has 0 radical (unpaired) electrons. The van der Waals surface area contributed by atoms with E-state index >= 15 is 0 Å². The highest BCUT2D eigenvalue weighted by Crippen LogP contribution is 2.17. The van der Waals surface area contributed by atoms with Crippen LogP contribution in [0.2, 0.25) is 0 Å². The molecule has 1 aromatic rings. The van der Waals surface area contributed by atoms with Crippen LogP contribution < -0.4 is 0 Å². The minimum Gasteiger partial charge on any atom is -0.384 e. The van der Waals surface area contributed by atoms with Crippen LogP contribution in [0, 0.1) is 24.7 Å². The Bertz CT molecular complexity index is 552. The third-order valence-electron chi connectivity index (χ3n) is 3.57. The fourth-order valence-electron chi connectivity index (χ4n) is 2.30. The number of hydrogen-bond acceptors (Lipinski definition) is 2. The van der Waals surface area contributed by atoms with Gasteiger partial charge in [0, 0.05) is 24.2 Å².